The van der Waals surface area contributed by atoms with Crippen LogP contribution in [-0.4, -0.2) is 0 Å². The van der Waals surface area contributed by atoms with Crippen molar-refractivity contribution in [1.82, 2.24) is 0 Å². The van der Waals surface area contributed by atoms with Gasteiger partial charge in [-0.05, 0) is 0 Å². The molecule has 0 atom stereocenters. The molecule has 0 N–H and O–H groups in total. The van der Waals surface area contributed by atoms with E-state index in [2.05, 4.69) is 0 Å². The molecule has 0 unspecified atom stereocenters. The first-order valence-electron chi connectivity index (χ1n) is 0. The van der Waals surface area contributed by atoms with Crippen LogP contribution in [0.5, 0.6) is 0 Å². The Labute approximate surface area is 119 Å². The summed E-state index contributed by atoms with van der Waals surface area (Å²) < 4.78 is 0. The molecule has 0 saturated heterocycles. The molecule has 0 aromatic rings. The van der Waals surface area contributed by atoms with Crippen LogP contribution in [0.2, 0.25) is 0 Å². The van der Waals surface area contributed by atoms with Gasteiger partial charge in [-0.3, -0.25) is 0 Å². The van der Waals surface area contributed by atoms with Gasteiger partial charge < -0.3 is 16.4 Å². The molecular formula is Ce2O3Ti+4. The van der Waals surface area contributed by atoms with Gasteiger partial charge in [-0.1, -0.05) is 0 Å². The van der Waals surface area contributed by atoms with Crippen LogP contribution in [0.15, 0.2) is 0 Å². The molecule has 0 aromatic heterocycles. The van der Waals surface area contributed by atoms with Crippen molar-refractivity contribution in [3.8, 4) is 0 Å². The summed E-state index contributed by atoms with van der Waals surface area (Å²) in [6.07, 6.45) is 0. The van der Waals surface area contributed by atoms with E-state index in [0.29, 0.717) is 0 Å². The number of rotatable bonds is 0. The van der Waals surface area contributed by atoms with Gasteiger partial charge in [0.15, 0.2) is 0 Å². The van der Waals surface area contributed by atoms with E-state index in [1.165, 1.54) is 0 Å². The van der Waals surface area contributed by atoms with Crippen LogP contribution in [0.4, 0.5) is 0 Å². The van der Waals surface area contributed by atoms with Gasteiger partial charge in [0.1, 0.15) is 0 Å². The van der Waals surface area contributed by atoms with Crippen molar-refractivity contribution >= 4 is 0 Å². The average Bonchev–Trinajstić information content (AvgIpc) is 0. The second kappa shape index (κ2) is 40.2. The molecule has 0 aliphatic rings. The third-order valence-electron chi connectivity index (χ3n) is 0. The minimum absolute atomic E-state index is 0. The van der Waals surface area contributed by atoms with Gasteiger partial charge in [-0.25, -0.2) is 0 Å². The Balaban J connectivity index is 0. The predicted octanol–water partition coefficient (Wildman–Crippen LogP) is -0.359. The SMILES string of the molecule is [Ce+3].[Ce+3].[O-2].[O-2].[O-2].[Ti+4]. The van der Waals surface area contributed by atoms with Gasteiger partial charge in [0.2, 0.25) is 0 Å². The van der Waals surface area contributed by atoms with E-state index >= 15 is 0 Å². The molecule has 0 aliphatic heterocycles. The van der Waals surface area contributed by atoms with Crippen molar-refractivity contribution < 1.29 is 122 Å². The Kier molecular flexibility index (Phi) is 390. The maximum absolute atomic E-state index is 0. The van der Waals surface area contributed by atoms with Crippen LogP contribution in [-0.2, 0) is 38.1 Å². The first-order valence-corrected chi connectivity index (χ1v) is 0. The standard InChI is InChI=1S/2Ce.3O.Ti/q2*+3;3*-2;+4. The molecule has 0 fully saturated rings. The molecule has 0 spiro atoms. The molecule has 3 nitrogen and oxygen atoms in total. The summed E-state index contributed by atoms with van der Waals surface area (Å²) in [5.74, 6) is 0. The van der Waals surface area contributed by atoms with Gasteiger partial charge in [0.25, 0.3) is 0 Å². The van der Waals surface area contributed by atoms with E-state index < -0.39 is 0 Å². The zero-order valence-electron chi connectivity index (χ0n) is 2.72. The zero-order chi connectivity index (χ0) is 0. The molecule has 0 heterocycles. The fourth-order valence-corrected chi connectivity index (χ4v) is 0. The molecule has 0 aromatic carbocycles. The third-order valence-corrected chi connectivity index (χ3v) is 0. The Bertz CT molecular complexity index is 8.75. The van der Waals surface area contributed by atoms with Crippen LogP contribution >= 0.6 is 0 Å². The molecule has 6 heteroatoms. The van der Waals surface area contributed by atoms with E-state index in [4.69, 9.17) is 0 Å². The van der Waals surface area contributed by atoms with Gasteiger partial charge in [-0.2, -0.15) is 0 Å². The van der Waals surface area contributed by atoms with E-state index in [0.717, 1.165) is 0 Å². The molecule has 0 rings (SSSR count). The summed E-state index contributed by atoms with van der Waals surface area (Å²) >= 11 is 0. The van der Waals surface area contributed by atoms with Gasteiger partial charge >= 0.3 is 105 Å². The first-order chi connectivity index (χ1) is 0. The second-order valence-electron chi connectivity index (χ2n) is 0. The first kappa shape index (κ1) is 58.1. The largest absolute Gasteiger partial charge is 4.00 e. The van der Waals surface area contributed by atoms with Crippen LogP contribution < -0.4 is 0 Å². The smallest absolute Gasteiger partial charge is 2.00 e. The molecule has 0 amide bonds. The maximum Gasteiger partial charge on any atom is 4.00 e. The summed E-state index contributed by atoms with van der Waals surface area (Å²) in [5, 5.41) is 0. The van der Waals surface area contributed by atoms with E-state index in [1.54, 1.807) is 0 Å². The predicted molar refractivity (Wildman–Crippen MR) is 2.06 cm³/mol. The summed E-state index contributed by atoms with van der Waals surface area (Å²) in [5.41, 5.74) is 0. The van der Waals surface area contributed by atoms with Crippen molar-refractivity contribution in [3.63, 3.8) is 0 Å². The molecule has 26 valence electrons. The van der Waals surface area contributed by atoms with E-state index in [9.17, 15) is 0 Å². The number of hydrogen-bond donors (Lipinski definition) is 0. The van der Waals surface area contributed by atoms with Gasteiger partial charge in [0.05, 0.1) is 0 Å². The second-order valence-corrected chi connectivity index (χ2v) is 0. The molecule has 0 bridgehead atoms. The summed E-state index contributed by atoms with van der Waals surface area (Å²) in [6.45, 7) is 0. The van der Waals surface area contributed by atoms with Crippen LogP contribution in [0.3, 0.4) is 0 Å². The summed E-state index contributed by atoms with van der Waals surface area (Å²) in [7, 11) is 0. The Morgan fingerprint density at radius 3 is 0.500 bits per heavy atom. The van der Waals surface area contributed by atoms with Crippen molar-refractivity contribution in [2.75, 3.05) is 0 Å². The van der Waals surface area contributed by atoms with Gasteiger partial charge in [0, 0.05) is 0 Å². The Hall–Kier alpha value is 3.35. The molecule has 2 radical (unpaired) electrons. The Morgan fingerprint density at radius 2 is 0.500 bits per heavy atom. The van der Waals surface area contributed by atoms with Crippen molar-refractivity contribution in [1.29, 1.82) is 0 Å². The van der Waals surface area contributed by atoms with E-state index in [1.807, 2.05) is 0 Å². The Morgan fingerprint density at radius 1 is 0.500 bits per heavy atom. The fraction of sp³-hybridized carbons (Fsp3) is 0. The summed E-state index contributed by atoms with van der Waals surface area (Å²) in [4.78, 5) is 0. The van der Waals surface area contributed by atoms with Crippen LogP contribution in [0, 0.1) is 83.5 Å². The zero-order valence-corrected chi connectivity index (χ0v) is 10.6. The van der Waals surface area contributed by atoms with Crippen LogP contribution in [0.25, 0.3) is 0 Å². The molecule has 6 heavy (non-hydrogen) atoms. The third kappa shape index (κ3) is 26.4. The van der Waals surface area contributed by atoms with Crippen molar-refractivity contribution in [3.05, 3.63) is 0 Å². The average molecular weight is 376 g/mol. The van der Waals surface area contributed by atoms with Crippen molar-refractivity contribution in [2.24, 2.45) is 0 Å². The number of hydrogen-bond acceptors (Lipinski definition) is 0. The fourth-order valence-electron chi connectivity index (χ4n) is 0. The van der Waals surface area contributed by atoms with Crippen molar-refractivity contribution in [2.45, 2.75) is 0 Å². The minimum atomic E-state index is 0. The topological polar surface area (TPSA) is 85.5 Å². The molecule has 0 aliphatic carbocycles. The van der Waals surface area contributed by atoms with E-state index in [-0.39, 0.29) is 122 Å². The quantitative estimate of drug-likeness (QED) is 0.518. The maximum atomic E-state index is 0. The normalized spacial score (nSPS) is 0. The van der Waals surface area contributed by atoms with Crippen LogP contribution in [0.1, 0.15) is 0 Å². The summed E-state index contributed by atoms with van der Waals surface area (Å²) in [6, 6.07) is 0. The van der Waals surface area contributed by atoms with Gasteiger partial charge in [-0.15, -0.1) is 0 Å². The minimum Gasteiger partial charge on any atom is -2.00 e. The molecular weight excluding hydrogens is 376 g/mol. The monoisotopic (exact) mass is 376 g/mol. The molecule has 0 saturated carbocycles.